The van der Waals surface area contributed by atoms with E-state index in [1.54, 1.807) is 0 Å². The van der Waals surface area contributed by atoms with Crippen LogP contribution in [-0.4, -0.2) is 17.4 Å². The average Bonchev–Trinajstić information content (AvgIpc) is 2.16. The summed E-state index contributed by atoms with van der Waals surface area (Å²) in [4.78, 5) is 20.1. The molecule has 5 heteroatoms. The van der Waals surface area contributed by atoms with Gasteiger partial charge in [0.1, 0.15) is 6.61 Å². The highest BCUT2D eigenvalue weighted by molar-refractivity contribution is 5.70. The number of hydrogen-bond acceptors (Lipinski definition) is 4. The third kappa shape index (κ3) is 4.21. The maximum absolute atomic E-state index is 10.8. The van der Waals surface area contributed by atoms with Gasteiger partial charge in [-0.2, -0.15) is 0 Å². The van der Waals surface area contributed by atoms with Crippen LogP contribution in [0.1, 0.15) is 11.1 Å². The number of carbonyl (C=O) groups is 1. The molecule has 0 unspecified atom stereocenters. The van der Waals surface area contributed by atoms with Crippen LogP contribution < -0.4 is 0 Å². The molecule has 1 rings (SSSR count). The summed E-state index contributed by atoms with van der Waals surface area (Å²) in [6, 6.07) is 7.40. The van der Waals surface area contributed by atoms with E-state index in [-0.39, 0.29) is 6.61 Å². The van der Waals surface area contributed by atoms with Crippen molar-refractivity contribution >= 4 is 5.97 Å². The van der Waals surface area contributed by atoms with Crippen LogP contribution in [0.25, 0.3) is 0 Å². The summed E-state index contributed by atoms with van der Waals surface area (Å²) in [5.41, 5.74) is 1.92. The molecule has 0 fully saturated rings. The quantitative estimate of drug-likeness (QED) is 0.426. The monoisotopic (exact) mass is 209 g/mol. The lowest BCUT2D eigenvalue weighted by Crippen LogP contribution is -2.16. The zero-order valence-electron chi connectivity index (χ0n) is 8.30. The molecule has 0 aliphatic rings. The van der Waals surface area contributed by atoms with E-state index < -0.39 is 17.4 Å². The molecule has 0 heterocycles. The largest absolute Gasteiger partial charge is 0.456 e. The molecule has 0 aliphatic heterocycles. The summed E-state index contributed by atoms with van der Waals surface area (Å²) in [6.45, 7) is 1.24. The fourth-order valence-electron chi connectivity index (χ4n) is 0.999. The third-order valence-corrected chi connectivity index (χ3v) is 1.78. The second-order valence-corrected chi connectivity index (χ2v) is 3.14. The minimum atomic E-state index is -0.819. The van der Waals surface area contributed by atoms with E-state index >= 15 is 0 Å². The van der Waals surface area contributed by atoms with Crippen LogP contribution >= 0.6 is 0 Å². The van der Waals surface area contributed by atoms with Gasteiger partial charge < -0.3 is 4.74 Å². The lowest BCUT2D eigenvalue weighted by atomic mass is 10.2. The molecule has 0 N–H and O–H groups in total. The number of carbonyl (C=O) groups excluding carboxylic acids is 1. The van der Waals surface area contributed by atoms with Crippen molar-refractivity contribution in [3.8, 4) is 0 Å². The van der Waals surface area contributed by atoms with Gasteiger partial charge in [-0.15, -0.1) is 0 Å². The van der Waals surface area contributed by atoms with E-state index in [0.29, 0.717) is 0 Å². The fraction of sp³-hybridized carbons (Fsp3) is 0.300. The van der Waals surface area contributed by atoms with Crippen molar-refractivity contribution in [1.29, 1.82) is 0 Å². The van der Waals surface area contributed by atoms with Crippen molar-refractivity contribution in [2.75, 3.05) is 6.54 Å². The van der Waals surface area contributed by atoms with Gasteiger partial charge in [0, 0.05) is 4.92 Å². The van der Waals surface area contributed by atoms with E-state index in [0.717, 1.165) is 11.1 Å². The molecular weight excluding hydrogens is 198 g/mol. The average molecular weight is 209 g/mol. The van der Waals surface area contributed by atoms with Crippen LogP contribution in [0.3, 0.4) is 0 Å². The Morgan fingerprint density at radius 3 is 2.53 bits per heavy atom. The minimum absolute atomic E-state index is 0.0763. The second-order valence-electron chi connectivity index (χ2n) is 3.14. The summed E-state index contributed by atoms with van der Waals surface area (Å²) in [5.74, 6) is -0.819. The smallest absolute Gasteiger partial charge is 0.378 e. The molecule has 0 spiro atoms. The summed E-state index contributed by atoms with van der Waals surface area (Å²) >= 11 is 0. The van der Waals surface area contributed by atoms with Gasteiger partial charge in [0.2, 0.25) is 0 Å². The van der Waals surface area contributed by atoms with E-state index in [4.69, 9.17) is 4.74 Å². The standard InChI is InChI=1S/C10H11NO4/c1-8-2-4-9(5-3-8)7-15-10(12)6-11(13)14/h2-5H,6-7H2,1H3. The van der Waals surface area contributed by atoms with Crippen molar-refractivity contribution in [3.63, 3.8) is 0 Å². The van der Waals surface area contributed by atoms with E-state index in [2.05, 4.69) is 0 Å². The number of nitro groups is 1. The first-order valence-corrected chi connectivity index (χ1v) is 4.41. The maximum atomic E-state index is 10.8. The van der Waals surface area contributed by atoms with Gasteiger partial charge in [-0.1, -0.05) is 29.8 Å². The topological polar surface area (TPSA) is 69.4 Å². The van der Waals surface area contributed by atoms with Crippen LogP contribution in [0.5, 0.6) is 0 Å². The normalized spacial score (nSPS) is 9.67. The highest BCUT2D eigenvalue weighted by Gasteiger charge is 2.10. The molecule has 5 nitrogen and oxygen atoms in total. The van der Waals surface area contributed by atoms with Gasteiger partial charge in [-0.05, 0) is 12.5 Å². The van der Waals surface area contributed by atoms with Gasteiger partial charge in [0.05, 0.1) is 0 Å². The van der Waals surface area contributed by atoms with Crippen molar-refractivity contribution in [3.05, 3.63) is 45.5 Å². The van der Waals surface area contributed by atoms with Crippen LogP contribution in [0.4, 0.5) is 0 Å². The van der Waals surface area contributed by atoms with Crippen molar-refractivity contribution < 1.29 is 14.5 Å². The van der Waals surface area contributed by atoms with Crippen molar-refractivity contribution in [2.45, 2.75) is 13.5 Å². The van der Waals surface area contributed by atoms with Crippen LogP contribution in [0, 0.1) is 17.0 Å². The predicted octanol–water partition coefficient (Wildman–Crippen LogP) is 1.31. The Hall–Kier alpha value is -1.91. The van der Waals surface area contributed by atoms with Crippen LogP contribution in [0.15, 0.2) is 24.3 Å². The first-order valence-electron chi connectivity index (χ1n) is 4.41. The number of rotatable bonds is 4. The molecule has 80 valence electrons. The van der Waals surface area contributed by atoms with E-state index in [1.807, 2.05) is 31.2 Å². The maximum Gasteiger partial charge on any atom is 0.378 e. The molecule has 0 aromatic heterocycles. The van der Waals surface area contributed by atoms with Crippen molar-refractivity contribution in [1.82, 2.24) is 0 Å². The molecule has 1 aromatic carbocycles. The number of hydrogen-bond donors (Lipinski definition) is 0. The summed E-state index contributed by atoms with van der Waals surface area (Å²) in [5, 5.41) is 9.97. The number of nitrogens with zero attached hydrogens (tertiary/aromatic N) is 1. The lowest BCUT2D eigenvalue weighted by molar-refractivity contribution is -0.470. The zero-order valence-corrected chi connectivity index (χ0v) is 8.30. The molecule has 0 aliphatic carbocycles. The number of esters is 1. The molecule has 0 saturated carbocycles. The molecule has 0 atom stereocenters. The Labute approximate surface area is 86.8 Å². The van der Waals surface area contributed by atoms with Crippen molar-refractivity contribution in [2.24, 2.45) is 0 Å². The lowest BCUT2D eigenvalue weighted by Gasteiger charge is -2.02. The minimum Gasteiger partial charge on any atom is -0.456 e. The summed E-state index contributed by atoms with van der Waals surface area (Å²) < 4.78 is 4.70. The molecule has 0 amide bonds. The molecule has 0 radical (unpaired) electrons. The number of ether oxygens (including phenoxy) is 1. The van der Waals surface area contributed by atoms with Crippen LogP contribution in [-0.2, 0) is 16.1 Å². The second kappa shape index (κ2) is 5.09. The first kappa shape index (κ1) is 11.2. The third-order valence-electron chi connectivity index (χ3n) is 1.78. The van der Waals surface area contributed by atoms with Gasteiger partial charge in [-0.3, -0.25) is 10.1 Å². The summed E-state index contributed by atoms with van der Waals surface area (Å²) in [7, 11) is 0. The van der Waals surface area contributed by atoms with Gasteiger partial charge in [-0.25, -0.2) is 4.79 Å². The SMILES string of the molecule is Cc1ccc(COC(=O)C[N+](=O)[O-])cc1. The summed E-state index contributed by atoms with van der Waals surface area (Å²) in [6.07, 6.45) is 0. The molecular formula is C10H11NO4. The predicted molar refractivity (Wildman–Crippen MR) is 52.8 cm³/mol. The van der Waals surface area contributed by atoms with Gasteiger partial charge in [0.15, 0.2) is 0 Å². The zero-order chi connectivity index (χ0) is 11.3. The first-order chi connectivity index (χ1) is 7.08. The number of benzene rings is 1. The molecule has 0 bridgehead atoms. The molecule has 1 aromatic rings. The fourth-order valence-corrected chi connectivity index (χ4v) is 0.999. The Morgan fingerprint density at radius 2 is 2.00 bits per heavy atom. The Kier molecular flexibility index (Phi) is 3.79. The Bertz CT molecular complexity index is 358. The van der Waals surface area contributed by atoms with E-state index in [1.165, 1.54) is 0 Å². The van der Waals surface area contributed by atoms with Gasteiger partial charge >= 0.3 is 5.97 Å². The molecule has 15 heavy (non-hydrogen) atoms. The number of aryl methyl sites for hydroxylation is 1. The van der Waals surface area contributed by atoms with E-state index in [9.17, 15) is 14.9 Å². The Balaban J connectivity index is 2.40. The van der Waals surface area contributed by atoms with Gasteiger partial charge in [0.25, 0.3) is 6.54 Å². The highest BCUT2D eigenvalue weighted by Crippen LogP contribution is 2.04. The molecule has 0 saturated heterocycles. The highest BCUT2D eigenvalue weighted by atomic mass is 16.6. The van der Waals surface area contributed by atoms with Crippen LogP contribution in [0.2, 0.25) is 0 Å². The Morgan fingerprint density at radius 1 is 1.40 bits per heavy atom.